The zero-order valence-corrected chi connectivity index (χ0v) is 7.72. The van der Waals surface area contributed by atoms with Crippen molar-refractivity contribution in [2.75, 3.05) is 13.1 Å². The van der Waals surface area contributed by atoms with E-state index in [2.05, 4.69) is 5.92 Å². The van der Waals surface area contributed by atoms with Crippen LogP contribution in [0.5, 0.6) is 0 Å². The highest BCUT2D eigenvalue weighted by Gasteiger charge is 2.45. The van der Waals surface area contributed by atoms with Gasteiger partial charge in [0.15, 0.2) is 0 Å². The molecule has 1 fully saturated rings. The molecule has 0 bridgehead atoms. The third-order valence-corrected chi connectivity index (χ3v) is 2.39. The first-order valence-electron chi connectivity index (χ1n) is 4.45. The van der Waals surface area contributed by atoms with Crippen LogP contribution in [0.3, 0.4) is 0 Å². The summed E-state index contributed by atoms with van der Waals surface area (Å²) in [6.45, 7) is 0.242. The topological polar surface area (TPSA) is 29.3 Å². The number of hydrogen-bond donors (Lipinski definition) is 1. The van der Waals surface area contributed by atoms with E-state index in [0.717, 1.165) is 0 Å². The van der Waals surface area contributed by atoms with Gasteiger partial charge in [-0.2, -0.15) is 13.2 Å². The van der Waals surface area contributed by atoms with E-state index in [1.165, 1.54) is 4.90 Å². The highest BCUT2D eigenvalue weighted by Crippen LogP contribution is 2.31. The Labute approximate surface area is 81.2 Å². The van der Waals surface area contributed by atoms with Crippen LogP contribution in [0.2, 0.25) is 0 Å². The predicted octanol–water partition coefficient (Wildman–Crippen LogP) is 0.974. The molecule has 2 atom stereocenters. The summed E-state index contributed by atoms with van der Waals surface area (Å²) in [5, 5.41) is 0. The molecule has 0 saturated carbocycles. The Morgan fingerprint density at radius 2 is 2.07 bits per heavy atom. The molecule has 1 aliphatic rings. The molecule has 0 spiro atoms. The predicted molar refractivity (Wildman–Crippen MR) is 47.5 cm³/mol. The van der Waals surface area contributed by atoms with Crippen molar-refractivity contribution in [2.45, 2.75) is 31.1 Å². The maximum absolute atomic E-state index is 12.5. The van der Waals surface area contributed by atoms with Gasteiger partial charge in [-0.3, -0.25) is 4.90 Å². The summed E-state index contributed by atoms with van der Waals surface area (Å²) in [5.41, 5.74) is 5.58. The fraction of sp³-hybridized carbons (Fsp3) is 0.778. The lowest BCUT2D eigenvalue weighted by Gasteiger charge is -2.38. The summed E-state index contributed by atoms with van der Waals surface area (Å²) in [6.07, 6.45) is 1.27. The molecular weight excluding hydrogens is 193 g/mol. The summed E-state index contributed by atoms with van der Waals surface area (Å²) in [7, 11) is 0. The minimum atomic E-state index is -4.20. The summed E-state index contributed by atoms with van der Waals surface area (Å²) in [4.78, 5) is 1.23. The SMILES string of the molecule is C#CCN1CC(N)CCC1C(F)(F)F. The molecule has 1 saturated heterocycles. The van der Waals surface area contributed by atoms with Crippen LogP contribution in [0, 0.1) is 12.3 Å². The standard InChI is InChI=1S/C9H13F3N2/c1-2-5-14-6-7(13)3-4-8(14)9(10,11)12/h1,7-8H,3-6,13H2. The van der Waals surface area contributed by atoms with Gasteiger partial charge in [0.25, 0.3) is 0 Å². The molecule has 2 unspecified atom stereocenters. The molecule has 80 valence electrons. The first-order chi connectivity index (χ1) is 6.45. The molecule has 0 aliphatic carbocycles. The van der Waals surface area contributed by atoms with Gasteiger partial charge < -0.3 is 5.73 Å². The van der Waals surface area contributed by atoms with Crippen molar-refractivity contribution < 1.29 is 13.2 Å². The number of hydrogen-bond acceptors (Lipinski definition) is 2. The van der Waals surface area contributed by atoms with E-state index in [0.29, 0.717) is 6.42 Å². The lowest BCUT2D eigenvalue weighted by molar-refractivity contribution is -0.190. The first-order valence-corrected chi connectivity index (χ1v) is 4.45. The fourth-order valence-electron chi connectivity index (χ4n) is 1.74. The smallest absolute Gasteiger partial charge is 0.327 e. The maximum Gasteiger partial charge on any atom is 0.404 e. The Bertz CT molecular complexity index is 231. The Hall–Kier alpha value is -0.730. The molecule has 1 rings (SSSR count). The van der Waals surface area contributed by atoms with Crippen molar-refractivity contribution in [1.29, 1.82) is 0 Å². The first kappa shape index (κ1) is 11.3. The Balaban J connectivity index is 2.68. The summed E-state index contributed by atoms with van der Waals surface area (Å²) in [5.74, 6) is 2.23. The molecule has 5 heteroatoms. The van der Waals surface area contributed by atoms with Gasteiger partial charge in [-0.15, -0.1) is 6.42 Å². The number of alkyl halides is 3. The lowest BCUT2D eigenvalue weighted by atomic mass is 9.98. The molecule has 14 heavy (non-hydrogen) atoms. The Kier molecular flexibility index (Phi) is 3.40. The molecule has 1 heterocycles. The van der Waals surface area contributed by atoms with Gasteiger partial charge in [0.1, 0.15) is 6.04 Å². The van der Waals surface area contributed by atoms with Crippen molar-refractivity contribution >= 4 is 0 Å². The molecule has 0 radical (unpaired) electrons. The highest BCUT2D eigenvalue weighted by molar-refractivity contribution is 4.95. The molecule has 2 nitrogen and oxygen atoms in total. The second-order valence-electron chi connectivity index (χ2n) is 3.53. The van der Waals surface area contributed by atoms with E-state index in [-0.39, 0.29) is 25.6 Å². The van der Waals surface area contributed by atoms with E-state index in [4.69, 9.17) is 12.2 Å². The number of nitrogens with two attached hydrogens (primary N) is 1. The van der Waals surface area contributed by atoms with Gasteiger partial charge in [-0.05, 0) is 12.8 Å². The van der Waals surface area contributed by atoms with E-state index in [9.17, 15) is 13.2 Å². The average molecular weight is 206 g/mol. The van der Waals surface area contributed by atoms with E-state index >= 15 is 0 Å². The second-order valence-corrected chi connectivity index (χ2v) is 3.53. The summed E-state index contributed by atoms with van der Waals surface area (Å²) >= 11 is 0. The van der Waals surface area contributed by atoms with Crippen molar-refractivity contribution in [3.63, 3.8) is 0 Å². The Morgan fingerprint density at radius 1 is 1.43 bits per heavy atom. The highest BCUT2D eigenvalue weighted by atomic mass is 19.4. The normalized spacial score (nSPS) is 29.9. The number of piperidine rings is 1. The van der Waals surface area contributed by atoms with Crippen LogP contribution in [0.15, 0.2) is 0 Å². The lowest BCUT2D eigenvalue weighted by Crippen LogP contribution is -2.54. The van der Waals surface area contributed by atoms with Gasteiger partial charge >= 0.3 is 6.18 Å². The van der Waals surface area contributed by atoms with E-state index in [1.807, 2.05) is 0 Å². The van der Waals surface area contributed by atoms with Crippen LogP contribution in [-0.2, 0) is 0 Å². The second kappa shape index (κ2) is 4.20. The monoisotopic (exact) mass is 206 g/mol. The number of likely N-dealkylation sites (tertiary alicyclic amines) is 1. The third-order valence-electron chi connectivity index (χ3n) is 2.39. The van der Waals surface area contributed by atoms with Gasteiger partial charge in [0.05, 0.1) is 6.54 Å². The zero-order valence-electron chi connectivity index (χ0n) is 7.72. The van der Waals surface area contributed by atoms with Crippen LogP contribution in [0.4, 0.5) is 13.2 Å². The molecule has 1 aliphatic heterocycles. The molecule has 0 aromatic heterocycles. The molecule has 0 amide bonds. The maximum atomic E-state index is 12.5. The minimum absolute atomic E-state index is 0.0118. The Morgan fingerprint density at radius 3 is 2.57 bits per heavy atom. The van der Waals surface area contributed by atoms with Crippen molar-refractivity contribution in [2.24, 2.45) is 5.73 Å². The molecule has 0 aromatic rings. The van der Waals surface area contributed by atoms with E-state index < -0.39 is 12.2 Å². The van der Waals surface area contributed by atoms with E-state index in [1.54, 1.807) is 0 Å². The zero-order chi connectivity index (χ0) is 10.8. The quantitative estimate of drug-likeness (QED) is 0.648. The van der Waals surface area contributed by atoms with Gasteiger partial charge in [0.2, 0.25) is 0 Å². The van der Waals surface area contributed by atoms with Crippen LogP contribution in [0.25, 0.3) is 0 Å². The molecule has 0 aromatic carbocycles. The summed E-state index contributed by atoms with van der Waals surface area (Å²) in [6, 6.07) is -1.61. The van der Waals surface area contributed by atoms with Gasteiger partial charge in [0, 0.05) is 12.6 Å². The third kappa shape index (κ3) is 2.63. The van der Waals surface area contributed by atoms with Crippen LogP contribution >= 0.6 is 0 Å². The van der Waals surface area contributed by atoms with Crippen molar-refractivity contribution in [1.82, 2.24) is 4.90 Å². The number of nitrogens with zero attached hydrogens (tertiary/aromatic N) is 1. The fourth-order valence-corrected chi connectivity index (χ4v) is 1.74. The number of terminal acetylenes is 1. The van der Waals surface area contributed by atoms with Gasteiger partial charge in [-0.1, -0.05) is 5.92 Å². The minimum Gasteiger partial charge on any atom is -0.327 e. The van der Waals surface area contributed by atoms with Crippen molar-refractivity contribution in [3.05, 3.63) is 0 Å². The van der Waals surface area contributed by atoms with Crippen LogP contribution < -0.4 is 5.73 Å². The molecular formula is C9H13F3N2. The average Bonchev–Trinajstić information content (AvgIpc) is 2.02. The largest absolute Gasteiger partial charge is 0.404 e. The number of halogens is 3. The van der Waals surface area contributed by atoms with Crippen LogP contribution in [-0.4, -0.2) is 36.2 Å². The molecule has 2 N–H and O–H groups in total. The van der Waals surface area contributed by atoms with Crippen molar-refractivity contribution in [3.8, 4) is 12.3 Å². The summed E-state index contributed by atoms with van der Waals surface area (Å²) < 4.78 is 37.5. The van der Waals surface area contributed by atoms with Gasteiger partial charge in [-0.25, -0.2) is 0 Å². The number of rotatable bonds is 1. The van der Waals surface area contributed by atoms with Crippen LogP contribution in [0.1, 0.15) is 12.8 Å².